The van der Waals surface area contributed by atoms with E-state index in [0.717, 1.165) is 5.39 Å². The van der Waals surface area contributed by atoms with Crippen molar-refractivity contribution in [3.63, 3.8) is 0 Å². The third-order valence-corrected chi connectivity index (χ3v) is 2.27. The van der Waals surface area contributed by atoms with E-state index < -0.39 is 5.97 Å². The Bertz CT molecular complexity index is 539. The molecule has 2 rings (SSSR count). The number of hydrogen-bond acceptors (Lipinski definition) is 4. The van der Waals surface area contributed by atoms with Crippen molar-refractivity contribution in [3.8, 4) is 5.75 Å². The molecule has 0 aliphatic heterocycles. The van der Waals surface area contributed by atoms with Gasteiger partial charge >= 0.3 is 5.97 Å². The lowest BCUT2D eigenvalue weighted by Crippen LogP contribution is -2.09. The topological polar surface area (TPSA) is 48.7 Å². The van der Waals surface area contributed by atoms with E-state index in [1.165, 1.54) is 7.11 Å². The van der Waals surface area contributed by atoms with Crippen LogP contribution in [0.5, 0.6) is 5.75 Å². The molecule has 0 N–H and O–H groups in total. The summed E-state index contributed by atoms with van der Waals surface area (Å²) in [7, 11) is 1.31. The highest BCUT2D eigenvalue weighted by molar-refractivity contribution is 5.98. The summed E-state index contributed by atoms with van der Waals surface area (Å²) >= 11 is 0. The number of rotatable bonds is 3. The van der Waals surface area contributed by atoms with Gasteiger partial charge in [0, 0.05) is 0 Å². The van der Waals surface area contributed by atoms with Gasteiger partial charge in [-0.1, -0.05) is 12.1 Å². The first-order chi connectivity index (χ1) is 8.13. The fraction of sp³-hybridized carbons (Fsp3) is 0.308. The average molecular weight is 234 g/mol. The molecule has 2 aromatic rings. The Morgan fingerprint density at radius 1 is 1.29 bits per heavy atom. The minimum absolute atomic E-state index is 0.0422. The van der Waals surface area contributed by atoms with Crippen molar-refractivity contribution < 1.29 is 18.7 Å². The lowest BCUT2D eigenvalue weighted by molar-refractivity contribution is 0.0559. The van der Waals surface area contributed by atoms with E-state index in [-0.39, 0.29) is 11.9 Å². The summed E-state index contributed by atoms with van der Waals surface area (Å²) in [6.45, 7) is 3.78. The zero-order chi connectivity index (χ0) is 12.4. The third-order valence-electron chi connectivity index (χ3n) is 2.27. The van der Waals surface area contributed by atoms with Gasteiger partial charge in [-0.2, -0.15) is 0 Å². The number of methoxy groups -OCH3 is 1. The molecular formula is C13H14O4. The summed E-state index contributed by atoms with van der Waals surface area (Å²) in [6, 6.07) is 7.34. The van der Waals surface area contributed by atoms with Gasteiger partial charge in [-0.05, 0) is 26.0 Å². The predicted molar refractivity (Wildman–Crippen MR) is 63.3 cm³/mol. The quantitative estimate of drug-likeness (QED) is 0.766. The Morgan fingerprint density at radius 2 is 2.00 bits per heavy atom. The van der Waals surface area contributed by atoms with Crippen molar-refractivity contribution in [2.75, 3.05) is 7.11 Å². The molecule has 1 heterocycles. The van der Waals surface area contributed by atoms with E-state index in [9.17, 15) is 4.79 Å². The summed E-state index contributed by atoms with van der Waals surface area (Å²) in [5.41, 5.74) is 0.614. The summed E-state index contributed by atoms with van der Waals surface area (Å²) in [4.78, 5) is 11.6. The Labute approximate surface area is 99.1 Å². The summed E-state index contributed by atoms with van der Waals surface area (Å²) < 4.78 is 15.8. The number of carbonyl (C=O) groups is 1. The molecule has 0 spiro atoms. The second kappa shape index (κ2) is 4.49. The fourth-order valence-corrected chi connectivity index (χ4v) is 1.60. The molecule has 17 heavy (non-hydrogen) atoms. The molecule has 0 aliphatic carbocycles. The molecule has 4 heteroatoms. The van der Waals surface area contributed by atoms with Gasteiger partial charge in [0.2, 0.25) is 0 Å². The molecule has 0 radical (unpaired) electrons. The molecule has 0 fully saturated rings. The van der Waals surface area contributed by atoms with Gasteiger partial charge in [0.05, 0.1) is 18.6 Å². The van der Waals surface area contributed by atoms with Crippen LogP contribution in [0.3, 0.4) is 0 Å². The molecule has 0 saturated carbocycles. The highest BCUT2D eigenvalue weighted by atomic mass is 16.5. The SMILES string of the molecule is COC(=O)c1oc2ccccc2c1OC(C)C. The largest absolute Gasteiger partial charge is 0.486 e. The van der Waals surface area contributed by atoms with Gasteiger partial charge in [0.25, 0.3) is 5.76 Å². The molecule has 90 valence electrons. The molecule has 1 aromatic heterocycles. The molecule has 1 aromatic carbocycles. The van der Waals surface area contributed by atoms with Crippen molar-refractivity contribution in [3.05, 3.63) is 30.0 Å². The molecule has 0 bridgehead atoms. The molecule has 0 atom stereocenters. The standard InChI is InChI=1S/C13H14O4/c1-8(2)16-11-9-6-4-5-7-10(9)17-12(11)13(14)15-3/h4-8H,1-3H3. The highest BCUT2D eigenvalue weighted by Crippen LogP contribution is 2.34. The van der Waals surface area contributed by atoms with Crippen molar-refractivity contribution in [2.45, 2.75) is 20.0 Å². The summed E-state index contributed by atoms with van der Waals surface area (Å²) in [6.07, 6.45) is -0.0422. The van der Waals surface area contributed by atoms with E-state index in [1.54, 1.807) is 6.07 Å². The molecule has 0 amide bonds. The van der Waals surface area contributed by atoms with Gasteiger partial charge in [-0.15, -0.1) is 0 Å². The van der Waals surface area contributed by atoms with E-state index in [1.807, 2.05) is 32.0 Å². The van der Waals surface area contributed by atoms with Gasteiger partial charge in [0.15, 0.2) is 5.75 Å². The Kier molecular flexibility index (Phi) is 3.04. The lowest BCUT2D eigenvalue weighted by atomic mass is 10.2. The molecule has 0 unspecified atom stereocenters. The number of furan rings is 1. The smallest absolute Gasteiger partial charge is 0.377 e. The lowest BCUT2D eigenvalue weighted by Gasteiger charge is -2.08. The monoisotopic (exact) mass is 234 g/mol. The van der Waals surface area contributed by atoms with Crippen LogP contribution in [0.25, 0.3) is 11.0 Å². The molecular weight excluding hydrogens is 220 g/mol. The maximum absolute atomic E-state index is 11.6. The van der Waals surface area contributed by atoms with Crippen LogP contribution < -0.4 is 4.74 Å². The first kappa shape index (κ1) is 11.5. The van der Waals surface area contributed by atoms with Crippen LogP contribution in [0, 0.1) is 0 Å². The molecule has 0 saturated heterocycles. The van der Waals surface area contributed by atoms with E-state index in [2.05, 4.69) is 4.74 Å². The van der Waals surface area contributed by atoms with Crippen molar-refractivity contribution in [2.24, 2.45) is 0 Å². The second-order valence-electron chi connectivity index (χ2n) is 3.91. The normalized spacial score (nSPS) is 10.8. The van der Waals surface area contributed by atoms with Crippen LogP contribution >= 0.6 is 0 Å². The van der Waals surface area contributed by atoms with Crippen LogP contribution in [0.1, 0.15) is 24.4 Å². The number of benzene rings is 1. The number of carbonyl (C=O) groups excluding carboxylic acids is 1. The van der Waals surface area contributed by atoms with E-state index in [0.29, 0.717) is 11.3 Å². The van der Waals surface area contributed by atoms with Crippen molar-refractivity contribution >= 4 is 16.9 Å². The van der Waals surface area contributed by atoms with Crippen LogP contribution in [-0.2, 0) is 4.74 Å². The second-order valence-corrected chi connectivity index (χ2v) is 3.91. The Hall–Kier alpha value is -1.97. The van der Waals surface area contributed by atoms with Gasteiger partial charge < -0.3 is 13.9 Å². The molecule has 4 nitrogen and oxygen atoms in total. The highest BCUT2D eigenvalue weighted by Gasteiger charge is 2.23. The molecule has 0 aliphatic rings. The third kappa shape index (κ3) is 2.11. The van der Waals surface area contributed by atoms with Gasteiger partial charge in [0.1, 0.15) is 5.58 Å². The minimum atomic E-state index is -0.531. The van der Waals surface area contributed by atoms with Crippen molar-refractivity contribution in [1.82, 2.24) is 0 Å². The minimum Gasteiger partial charge on any atom is -0.486 e. The summed E-state index contributed by atoms with van der Waals surface area (Å²) in [5.74, 6) is 0.0294. The van der Waals surface area contributed by atoms with E-state index >= 15 is 0 Å². The number of fused-ring (bicyclic) bond motifs is 1. The number of para-hydroxylation sites is 1. The number of esters is 1. The van der Waals surface area contributed by atoms with Crippen LogP contribution in [0.4, 0.5) is 0 Å². The zero-order valence-electron chi connectivity index (χ0n) is 10.0. The Morgan fingerprint density at radius 3 is 2.65 bits per heavy atom. The predicted octanol–water partition coefficient (Wildman–Crippen LogP) is 3.01. The van der Waals surface area contributed by atoms with Crippen molar-refractivity contribution in [1.29, 1.82) is 0 Å². The van der Waals surface area contributed by atoms with E-state index in [4.69, 9.17) is 9.15 Å². The van der Waals surface area contributed by atoms with Gasteiger partial charge in [-0.3, -0.25) is 0 Å². The maximum atomic E-state index is 11.6. The fourth-order valence-electron chi connectivity index (χ4n) is 1.60. The average Bonchev–Trinajstić information content (AvgIpc) is 2.67. The zero-order valence-corrected chi connectivity index (χ0v) is 10.0. The Balaban J connectivity index is 2.60. The number of hydrogen-bond donors (Lipinski definition) is 0. The number of ether oxygens (including phenoxy) is 2. The van der Waals surface area contributed by atoms with Crippen LogP contribution in [0.15, 0.2) is 28.7 Å². The first-order valence-electron chi connectivity index (χ1n) is 5.40. The maximum Gasteiger partial charge on any atom is 0.377 e. The van der Waals surface area contributed by atoms with Crippen LogP contribution in [0.2, 0.25) is 0 Å². The first-order valence-corrected chi connectivity index (χ1v) is 5.40. The summed E-state index contributed by atoms with van der Waals surface area (Å²) in [5, 5.41) is 0.779. The van der Waals surface area contributed by atoms with Gasteiger partial charge in [-0.25, -0.2) is 4.79 Å². The van der Waals surface area contributed by atoms with Crippen LogP contribution in [-0.4, -0.2) is 19.2 Å².